The first-order chi connectivity index (χ1) is 8.63. The molecule has 1 heterocycles. The van der Waals surface area contributed by atoms with Crippen molar-refractivity contribution in [2.45, 2.75) is 45.4 Å². The van der Waals surface area contributed by atoms with Gasteiger partial charge in [0.25, 0.3) is 0 Å². The van der Waals surface area contributed by atoms with E-state index in [-0.39, 0.29) is 12.5 Å². The molecule has 0 unspecified atom stereocenters. The van der Waals surface area contributed by atoms with E-state index >= 15 is 0 Å². The van der Waals surface area contributed by atoms with Crippen LogP contribution in [0, 0.1) is 5.92 Å². The predicted molar refractivity (Wildman–Crippen MR) is 69.5 cm³/mol. The summed E-state index contributed by atoms with van der Waals surface area (Å²) in [5, 5.41) is 11.3. The predicted octanol–water partition coefficient (Wildman–Crippen LogP) is 2.07. The molecule has 1 fully saturated rings. The largest absolute Gasteiger partial charge is 0.481 e. The minimum Gasteiger partial charge on any atom is -0.481 e. The maximum Gasteiger partial charge on any atom is 0.317 e. The van der Waals surface area contributed by atoms with E-state index in [1.54, 1.807) is 0 Å². The number of urea groups is 1. The number of rotatable bonds is 6. The molecule has 5 nitrogen and oxygen atoms in total. The molecule has 1 rings (SSSR count). The zero-order chi connectivity index (χ0) is 13.4. The van der Waals surface area contributed by atoms with Crippen LogP contribution >= 0.6 is 0 Å². The highest BCUT2D eigenvalue weighted by Crippen LogP contribution is 2.21. The van der Waals surface area contributed by atoms with E-state index in [0.717, 1.165) is 31.8 Å². The van der Waals surface area contributed by atoms with E-state index in [1.807, 2.05) is 4.90 Å². The van der Waals surface area contributed by atoms with Gasteiger partial charge in [-0.05, 0) is 25.2 Å². The van der Waals surface area contributed by atoms with Gasteiger partial charge in [0.15, 0.2) is 0 Å². The molecule has 2 amide bonds. The Hall–Kier alpha value is -1.26. The Morgan fingerprint density at radius 2 is 2.00 bits per heavy atom. The molecule has 0 atom stereocenters. The van der Waals surface area contributed by atoms with Gasteiger partial charge in [-0.1, -0.05) is 19.8 Å². The zero-order valence-electron chi connectivity index (χ0n) is 11.2. The molecule has 0 spiro atoms. The fourth-order valence-corrected chi connectivity index (χ4v) is 2.38. The van der Waals surface area contributed by atoms with E-state index in [0.29, 0.717) is 13.0 Å². The highest BCUT2D eigenvalue weighted by molar-refractivity contribution is 5.74. The number of carboxylic acid groups (broad SMARTS) is 1. The summed E-state index contributed by atoms with van der Waals surface area (Å²) in [7, 11) is 0. The summed E-state index contributed by atoms with van der Waals surface area (Å²) in [6, 6.07) is -0.0460. The van der Waals surface area contributed by atoms with E-state index < -0.39 is 5.97 Å². The number of piperidine rings is 1. The Labute approximate surface area is 109 Å². The lowest BCUT2D eigenvalue weighted by Crippen LogP contribution is -2.44. The molecule has 0 aliphatic carbocycles. The smallest absolute Gasteiger partial charge is 0.317 e. The van der Waals surface area contributed by atoms with Gasteiger partial charge in [-0.3, -0.25) is 4.79 Å². The number of hydrogen-bond donors (Lipinski definition) is 2. The van der Waals surface area contributed by atoms with Crippen molar-refractivity contribution in [3.8, 4) is 0 Å². The third-order valence-electron chi connectivity index (χ3n) is 3.44. The van der Waals surface area contributed by atoms with Crippen LogP contribution in [-0.4, -0.2) is 41.6 Å². The number of hydrogen-bond acceptors (Lipinski definition) is 2. The molecule has 0 bridgehead atoms. The van der Waals surface area contributed by atoms with E-state index in [2.05, 4.69) is 12.2 Å². The first-order valence-electron chi connectivity index (χ1n) is 6.88. The number of aliphatic carboxylic acids is 1. The van der Waals surface area contributed by atoms with Crippen molar-refractivity contribution in [1.29, 1.82) is 0 Å². The van der Waals surface area contributed by atoms with Gasteiger partial charge >= 0.3 is 12.0 Å². The van der Waals surface area contributed by atoms with Crippen LogP contribution in [0.1, 0.15) is 45.4 Å². The molecule has 2 N–H and O–H groups in total. The van der Waals surface area contributed by atoms with Crippen molar-refractivity contribution >= 4 is 12.0 Å². The van der Waals surface area contributed by atoms with Crippen molar-refractivity contribution in [3.63, 3.8) is 0 Å². The highest BCUT2D eigenvalue weighted by Gasteiger charge is 2.21. The van der Waals surface area contributed by atoms with Gasteiger partial charge in [0.05, 0.1) is 0 Å². The monoisotopic (exact) mass is 256 g/mol. The summed E-state index contributed by atoms with van der Waals surface area (Å²) in [5.74, 6) is -0.0457. The van der Waals surface area contributed by atoms with Crippen LogP contribution in [0.2, 0.25) is 0 Å². The van der Waals surface area contributed by atoms with Gasteiger partial charge in [-0.15, -0.1) is 0 Å². The van der Waals surface area contributed by atoms with Crippen LogP contribution in [0.15, 0.2) is 0 Å². The number of carbonyl (C=O) groups is 2. The van der Waals surface area contributed by atoms with Crippen molar-refractivity contribution < 1.29 is 14.7 Å². The standard InChI is InChI=1S/C13H24N2O3/c1-2-4-11-6-9-15(10-7-11)13(18)14-8-3-5-12(16)17/h11H,2-10H2,1H3,(H,14,18)(H,16,17). The molecule has 0 aromatic rings. The second kappa shape index (κ2) is 7.95. The summed E-state index contributed by atoms with van der Waals surface area (Å²) < 4.78 is 0. The van der Waals surface area contributed by atoms with Crippen LogP contribution in [0.4, 0.5) is 4.79 Å². The molecular weight excluding hydrogens is 232 g/mol. The molecule has 1 aliphatic heterocycles. The lowest BCUT2D eigenvalue weighted by atomic mass is 9.93. The minimum absolute atomic E-state index is 0.0460. The Balaban J connectivity index is 2.14. The Bertz CT molecular complexity index is 273. The first kappa shape index (κ1) is 14.8. The topological polar surface area (TPSA) is 69.6 Å². The maximum absolute atomic E-state index is 11.8. The number of carbonyl (C=O) groups excluding carboxylic acids is 1. The van der Waals surface area contributed by atoms with E-state index in [1.165, 1.54) is 12.8 Å². The minimum atomic E-state index is -0.815. The molecule has 104 valence electrons. The molecule has 0 radical (unpaired) electrons. The van der Waals surface area contributed by atoms with Crippen LogP contribution in [0.3, 0.4) is 0 Å². The van der Waals surface area contributed by atoms with Crippen molar-refractivity contribution in [2.24, 2.45) is 5.92 Å². The molecule has 5 heteroatoms. The van der Waals surface area contributed by atoms with Crippen LogP contribution in [-0.2, 0) is 4.79 Å². The zero-order valence-corrected chi connectivity index (χ0v) is 11.2. The summed E-state index contributed by atoms with van der Waals surface area (Å²) in [6.45, 7) is 4.30. The number of carboxylic acids is 1. The van der Waals surface area contributed by atoms with E-state index in [9.17, 15) is 9.59 Å². The Kier molecular flexibility index (Phi) is 6.54. The summed E-state index contributed by atoms with van der Waals surface area (Å²) in [5.41, 5.74) is 0. The van der Waals surface area contributed by atoms with Crippen LogP contribution < -0.4 is 5.32 Å². The number of nitrogens with zero attached hydrogens (tertiary/aromatic N) is 1. The number of amides is 2. The molecule has 1 aliphatic rings. The summed E-state index contributed by atoms with van der Waals surface area (Å²) >= 11 is 0. The molecule has 0 aromatic heterocycles. The molecule has 18 heavy (non-hydrogen) atoms. The SMILES string of the molecule is CCCC1CCN(C(=O)NCCCC(=O)O)CC1. The highest BCUT2D eigenvalue weighted by atomic mass is 16.4. The summed E-state index contributed by atoms with van der Waals surface area (Å²) in [6.07, 6.45) is 5.26. The number of likely N-dealkylation sites (tertiary alicyclic amines) is 1. The lowest BCUT2D eigenvalue weighted by Gasteiger charge is -2.31. The Morgan fingerprint density at radius 1 is 1.33 bits per heavy atom. The lowest BCUT2D eigenvalue weighted by molar-refractivity contribution is -0.137. The van der Waals surface area contributed by atoms with Crippen molar-refractivity contribution in [3.05, 3.63) is 0 Å². The second-order valence-corrected chi connectivity index (χ2v) is 4.95. The van der Waals surface area contributed by atoms with Gasteiger partial charge in [0.1, 0.15) is 0 Å². The van der Waals surface area contributed by atoms with Gasteiger partial charge in [-0.25, -0.2) is 4.79 Å². The molecule has 0 saturated carbocycles. The normalized spacial score (nSPS) is 16.6. The second-order valence-electron chi connectivity index (χ2n) is 4.95. The molecule has 0 aromatic carbocycles. The third-order valence-corrected chi connectivity index (χ3v) is 3.44. The summed E-state index contributed by atoms with van der Waals surface area (Å²) in [4.78, 5) is 23.9. The average molecular weight is 256 g/mol. The van der Waals surface area contributed by atoms with Gasteiger partial charge in [0.2, 0.25) is 0 Å². The third kappa shape index (κ3) is 5.38. The van der Waals surface area contributed by atoms with Crippen molar-refractivity contribution in [2.75, 3.05) is 19.6 Å². The average Bonchev–Trinajstić information content (AvgIpc) is 2.35. The fraction of sp³-hybridized carbons (Fsp3) is 0.846. The quantitative estimate of drug-likeness (QED) is 0.715. The van der Waals surface area contributed by atoms with Gasteiger partial charge in [-0.2, -0.15) is 0 Å². The van der Waals surface area contributed by atoms with Crippen LogP contribution in [0.5, 0.6) is 0 Å². The van der Waals surface area contributed by atoms with Crippen molar-refractivity contribution in [1.82, 2.24) is 10.2 Å². The van der Waals surface area contributed by atoms with E-state index in [4.69, 9.17) is 5.11 Å². The number of nitrogens with one attached hydrogen (secondary N) is 1. The van der Waals surface area contributed by atoms with Gasteiger partial charge < -0.3 is 15.3 Å². The Morgan fingerprint density at radius 3 is 2.56 bits per heavy atom. The fourth-order valence-electron chi connectivity index (χ4n) is 2.38. The van der Waals surface area contributed by atoms with Gasteiger partial charge in [0, 0.05) is 26.1 Å². The van der Waals surface area contributed by atoms with Crippen LogP contribution in [0.25, 0.3) is 0 Å². The molecular formula is C13H24N2O3. The molecule has 1 saturated heterocycles. The first-order valence-corrected chi connectivity index (χ1v) is 6.88. The maximum atomic E-state index is 11.8.